The lowest BCUT2D eigenvalue weighted by molar-refractivity contribution is 0.249. The van der Waals surface area contributed by atoms with Crippen molar-refractivity contribution in [2.24, 2.45) is 0 Å². The van der Waals surface area contributed by atoms with E-state index in [4.69, 9.17) is 5.73 Å². The monoisotopic (exact) mass is 237 g/mol. The fourth-order valence-corrected chi connectivity index (χ4v) is 2.23. The zero-order valence-electron chi connectivity index (χ0n) is 7.83. The van der Waals surface area contributed by atoms with Gasteiger partial charge in [-0.3, -0.25) is 0 Å². The van der Waals surface area contributed by atoms with E-state index in [1.54, 1.807) is 0 Å². The minimum atomic E-state index is -4.12. The first kappa shape index (κ1) is 11.9. The zero-order chi connectivity index (χ0) is 11.6. The van der Waals surface area contributed by atoms with Gasteiger partial charge in [-0.15, -0.1) is 0 Å². The largest absolute Gasteiger partial charge is 0.399 e. The second kappa shape index (κ2) is 4.11. The van der Waals surface area contributed by atoms with Crippen molar-refractivity contribution >= 4 is 15.5 Å². The number of nitrogens with two attached hydrogens (primary N) is 1. The van der Waals surface area contributed by atoms with Gasteiger partial charge in [0.1, 0.15) is 16.5 Å². The summed E-state index contributed by atoms with van der Waals surface area (Å²) in [6.45, 7) is 0. The molecule has 7 heteroatoms. The van der Waals surface area contributed by atoms with Gasteiger partial charge in [-0.1, -0.05) is 0 Å². The van der Waals surface area contributed by atoms with Gasteiger partial charge in [-0.25, -0.2) is 17.2 Å². The predicted molar refractivity (Wildman–Crippen MR) is 49.8 cm³/mol. The molecule has 0 heterocycles. The predicted octanol–water partition coefficient (Wildman–Crippen LogP) is 0.925. The summed E-state index contributed by atoms with van der Waals surface area (Å²) < 4.78 is 53.4. The van der Waals surface area contributed by atoms with Crippen LogP contribution in [0.4, 0.5) is 14.5 Å². The van der Waals surface area contributed by atoms with Crippen LogP contribution in [0, 0.1) is 11.6 Å². The van der Waals surface area contributed by atoms with Crippen LogP contribution < -0.4 is 5.73 Å². The Kier molecular flexibility index (Phi) is 3.25. The van der Waals surface area contributed by atoms with Gasteiger partial charge < -0.3 is 10.5 Å². The summed E-state index contributed by atoms with van der Waals surface area (Å²) in [7, 11) is -3.00. The van der Waals surface area contributed by atoms with Gasteiger partial charge in [0, 0.05) is 12.8 Å². The summed E-state index contributed by atoms with van der Waals surface area (Å²) in [5.41, 5.74) is 4.96. The van der Waals surface area contributed by atoms with Crippen LogP contribution in [0.3, 0.4) is 0 Å². The van der Waals surface area contributed by atoms with Crippen molar-refractivity contribution in [3.8, 4) is 0 Å². The van der Waals surface area contributed by atoms with E-state index < -0.39 is 32.3 Å². The lowest BCUT2D eigenvalue weighted by atomic mass is 10.3. The molecule has 0 aliphatic rings. The van der Waals surface area contributed by atoms with Crippen molar-refractivity contribution in [1.82, 2.24) is 0 Å². The number of ether oxygens (including phenoxy) is 1. The van der Waals surface area contributed by atoms with Crippen molar-refractivity contribution in [2.75, 3.05) is 18.8 Å². The van der Waals surface area contributed by atoms with E-state index in [-0.39, 0.29) is 5.69 Å². The van der Waals surface area contributed by atoms with Crippen LogP contribution in [0.25, 0.3) is 0 Å². The number of hydrogen-bond donors (Lipinski definition) is 1. The molecule has 0 unspecified atom stereocenters. The molecule has 0 radical (unpaired) electrons. The SMILES string of the molecule is COCS(=O)(=O)c1c(F)cc(N)cc1F. The Morgan fingerprint density at radius 1 is 1.33 bits per heavy atom. The van der Waals surface area contributed by atoms with Crippen LogP contribution >= 0.6 is 0 Å². The number of anilines is 1. The Bertz CT molecular complexity index is 450. The maximum atomic E-state index is 13.2. The van der Waals surface area contributed by atoms with Crippen molar-refractivity contribution in [3.63, 3.8) is 0 Å². The highest BCUT2D eigenvalue weighted by Crippen LogP contribution is 2.22. The van der Waals surface area contributed by atoms with Gasteiger partial charge in [0.25, 0.3) is 0 Å². The third kappa shape index (κ3) is 2.42. The van der Waals surface area contributed by atoms with E-state index in [1.807, 2.05) is 0 Å². The highest BCUT2D eigenvalue weighted by Gasteiger charge is 2.24. The Labute approximate surface area is 85.6 Å². The molecule has 0 bridgehead atoms. The highest BCUT2D eigenvalue weighted by molar-refractivity contribution is 7.91. The van der Waals surface area contributed by atoms with Gasteiger partial charge in [0.05, 0.1) is 0 Å². The van der Waals surface area contributed by atoms with Gasteiger partial charge in [0.15, 0.2) is 5.94 Å². The van der Waals surface area contributed by atoms with Crippen LogP contribution in [0.2, 0.25) is 0 Å². The normalized spacial score (nSPS) is 11.7. The summed E-state index contributed by atoms with van der Waals surface area (Å²) >= 11 is 0. The number of rotatable bonds is 3. The number of methoxy groups -OCH3 is 1. The van der Waals surface area contributed by atoms with E-state index in [1.165, 1.54) is 0 Å². The fourth-order valence-electron chi connectivity index (χ4n) is 1.09. The van der Waals surface area contributed by atoms with Crippen molar-refractivity contribution in [2.45, 2.75) is 4.90 Å². The molecule has 4 nitrogen and oxygen atoms in total. The van der Waals surface area contributed by atoms with Crippen LogP contribution in [0.15, 0.2) is 17.0 Å². The van der Waals surface area contributed by atoms with Crippen molar-refractivity contribution < 1.29 is 21.9 Å². The topological polar surface area (TPSA) is 69.4 Å². The standard InChI is InChI=1S/C8H9F2NO3S/c1-14-4-15(12,13)8-6(9)2-5(11)3-7(8)10/h2-3H,4,11H2,1H3. The number of benzene rings is 1. The summed E-state index contributed by atoms with van der Waals surface area (Å²) in [6, 6.07) is 1.48. The van der Waals surface area contributed by atoms with Crippen molar-refractivity contribution in [3.05, 3.63) is 23.8 Å². The van der Waals surface area contributed by atoms with Crippen LogP contribution in [0.5, 0.6) is 0 Å². The molecule has 0 saturated heterocycles. The maximum absolute atomic E-state index is 13.2. The molecule has 1 aromatic rings. The third-order valence-electron chi connectivity index (χ3n) is 1.60. The van der Waals surface area contributed by atoms with Gasteiger partial charge >= 0.3 is 0 Å². The quantitative estimate of drug-likeness (QED) is 0.794. The number of nitrogen functional groups attached to an aromatic ring is 1. The molecule has 0 amide bonds. The lowest BCUT2D eigenvalue weighted by Gasteiger charge is -2.06. The average Bonchev–Trinajstić information content (AvgIpc) is 1.99. The molecule has 1 rings (SSSR count). The molecule has 0 aromatic heterocycles. The van der Waals surface area contributed by atoms with Crippen LogP contribution in [-0.4, -0.2) is 21.5 Å². The molecule has 0 atom stereocenters. The molecule has 0 aliphatic carbocycles. The van der Waals surface area contributed by atoms with E-state index in [2.05, 4.69) is 4.74 Å². The molecule has 15 heavy (non-hydrogen) atoms. The molecular formula is C8H9F2NO3S. The molecule has 2 N–H and O–H groups in total. The Morgan fingerprint density at radius 2 is 1.80 bits per heavy atom. The van der Waals surface area contributed by atoms with Gasteiger partial charge in [0.2, 0.25) is 9.84 Å². The summed E-state index contributed by atoms with van der Waals surface area (Å²) in [5.74, 6) is -3.22. The Morgan fingerprint density at radius 3 is 2.20 bits per heavy atom. The maximum Gasteiger partial charge on any atom is 0.208 e. The van der Waals surface area contributed by atoms with E-state index in [0.29, 0.717) is 0 Å². The van der Waals surface area contributed by atoms with E-state index in [0.717, 1.165) is 19.2 Å². The lowest BCUT2D eigenvalue weighted by Crippen LogP contribution is -2.13. The smallest absolute Gasteiger partial charge is 0.208 e. The van der Waals surface area contributed by atoms with Crippen LogP contribution in [-0.2, 0) is 14.6 Å². The zero-order valence-corrected chi connectivity index (χ0v) is 8.64. The Balaban J connectivity index is 3.38. The summed E-state index contributed by atoms with van der Waals surface area (Å²) in [4.78, 5) is -1.02. The Hall–Kier alpha value is -1.21. The van der Waals surface area contributed by atoms with Gasteiger partial charge in [-0.05, 0) is 12.1 Å². The second-order valence-corrected chi connectivity index (χ2v) is 4.71. The van der Waals surface area contributed by atoms with Crippen LogP contribution in [0.1, 0.15) is 0 Å². The first-order valence-corrected chi connectivity index (χ1v) is 5.50. The third-order valence-corrected chi connectivity index (χ3v) is 3.16. The molecule has 0 saturated carbocycles. The van der Waals surface area contributed by atoms with Crippen molar-refractivity contribution in [1.29, 1.82) is 0 Å². The van der Waals surface area contributed by atoms with E-state index >= 15 is 0 Å². The summed E-state index contributed by atoms with van der Waals surface area (Å²) in [6.07, 6.45) is 0. The fraction of sp³-hybridized carbons (Fsp3) is 0.250. The molecular weight excluding hydrogens is 228 g/mol. The first-order valence-electron chi connectivity index (χ1n) is 3.84. The van der Waals surface area contributed by atoms with E-state index in [9.17, 15) is 17.2 Å². The first-order chi connectivity index (χ1) is 6.88. The number of halogens is 2. The summed E-state index contributed by atoms with van der Waals surface area (Å²) in [5, 5.41) is 0. The minimum absolute atomic E-state index is 0.179. The minimum Gasteiger partial charge on any atom is -0.399 e. The molecule has 0 spiro atoms. The second-order valence-electron chi connectivity index (χ2n) is 2.83. The highest BCUT2D eigenvalue weighted by atomic mass is 32.2. The molecule has 0 aliphatic heterocycles. The molecule has 1 aromatic carbocycles. The average molecular weight is 237 g/mol. The number of hydrogen-bond acceptors (Lipinski definition) is 4. The molecule has 84 valence electrons. The molecule has 0 fully saturated rings. The number of sulfone groups is 1. The van der Waals surface area contributed by atoms with Gasteiger partial charge in [-0.2, -0.15) is 0 Å².